The fourth-order valence-electron chi connectivity index (χ4n) is 2.29. The topological polar surface area (TPSA) is 55.0 Å². The normalized spacial score (nSPS) is 10.7. The number of carbonyl (C=O) groups is 1. The SMILES string of the molecule is COc1ccc(C)cc1C(=O)c1c[nH]c2ncccc12. The summed E-state index contributed by atoms with van der Waals surface area (Å²) >= 11 is 0. The third-order valence-corrected chi connectivity index (χ3v) is 3.30. The van der Waals surface area contributed by atoms with Gasteiger partial charge in [0.25, 0.3) is 0 Å². The Kier molecular flexibility index (Phi) is 2.99. The maximum atomic E-state index is 12.7. The van der Waals surface area contributed by atoms with E-state index >= 15 is 0 Å². The fourth-order valence-corrected chi connectivity index (χ4v) is 2.29. The number of aryl methyl sites for hydroxylation is 1. The fraction of sp³-hybridized carbons (Fsp3) is 0.125. The van der Waals surface area contributed by atoms with Gasteiger partial charge in [0.05, 0.1) is 12.7 Å². The molecular weight excluding hydrogens is 252 g/mol. The van der Waals surface area contributed by atoms with E-state index < -0.39 is 0 Å². The summed E-state index contributed by atoms with van der Waals surface area (Å²) < 4.78 is 5.28. The number of nitrogens with one attached hydrogen (secondary N) is 1. The highest BCUT2D eigenvalue weighted by molar-refractivity contribution is 6.17. The summed E-state index contributed by atoms with van der Waals surface area (Å²) in [7, 11) is 1.57. The highest BCUT2D eigenvalue weighted by atomic mass is 16.5. The number of aromatic nitrogens is 2. The van der Waals surface area contributed by atoms with Crippen LogP contribution in [0.4, 0.5) is 0 Å². The van der Waals surface area contributed by atoms with E-state index in [-0.39, 0.29) is 5.78 Å². The summed E-state index contributed by atoms with van der Waals surface area (Å²) in [5.41, 5.74) is 2.91. The van der Waals surface area contributed by atoms with Gasteiger partial charge < -0.3 is 9.72 Å². The van der Waals surface area contributed by atoms with Gasteiger partial charge in [0.2, 0.25) is 0 Å². The molecule has 0 unspecified atom stereocenters. The van der Waals surface area contributed by atoms with Crippen LogP contribution in [0.15, 0.2) is 42.7 Å². The predicted molar refractivity (Wildman–Crippen MR) is 77.3 cm³/mol. The second-order valence-electron chi connectivity index (χ2n) is 4.63. The molecule has 0 bridgehead atoms. The van der Waals surface area contributed by atoms with E-state index in [1.165, 1.54) is 0 Å². The first kappa shape index (κ1) is 12.4. The number of hydrogen-bond donors (Lipinski definition) is 1. The molecule has 4 nitrogen and oxygen atoms in total. The van der Waals surface area contributed by atoms with Gasteiger partial charge in [0.1, 0.15) is 11.4 Å². The second-order valence-corrected chi connectivity index (χ2v) is 4.63. The molecule has 3 aromatic rings. The molecule has 0 radical (unpaired) electrons. The summed E-state index contributed by atoms with van der Waals surface area (Å²) in [6, 6.07) is 9.28. The summed E-state index contributed by atoms with van der Waals surface area (Å²) in [5, 5.41) is 0.820. The largest absolute Gasteiger partial charge is 0.496 e. The van der Waals surface area contributed by atoms with E-state index in [9.17, 15) is 4.79 Å². The summed E-state index contributed by atoms with van der Waals surface area (Å²) in [5.74, 6) is 0.517. The summed E-state index contributed by atoms with van der Waals surface area (Å²) in [6.45, 7) is 1.95. The van der Waals surface area contributed by atoms with E-state index in [0.29, 0.717) is 22.5 Å². The van der Waals surface area contributed by atoms with Gasteiger partial charge in [-0.3, -0.25) is 4.79 Å². The Morgan fingerprint density at radius 2 is 2.10 bits per heavy atom. The van der Waals surface area contributed by atoms with Gasteiger partial charge in [0, 0.05) is 23.3 Å². The molecule has 1 aromatic carbocycles. The third-order valence-electron chi connectivity index (χ3n) is 3.30. The Balaban J connectivity index is 2.15. The Bertz CT molecular complexity index is 790. The molecule has 100 valence electrons. The van der Waals surface area contributed by atoms with Gasteiger partial charge >= 0.3 is 0 Å². The average molecular weight is 266 g/mol. The monoisotopic (exact) mass is 266 g/mol. The van der Waals surface area contributed by atoms with Crippen molar-refractivity contribution in [2.75, 3.05) is 7.11 Å². The smallest absolute Gasteiger partial charge is 0.198 e. The molecule has 0 saturated carbocycles. The number of pyridine rings is 1. The van der Waals surface area contributed by atoms with Gasteiger partial charge in [-0.05, 0) is 31.2 Å². The molecule has 0 aliphatic carbocycles. The van der Waals surface area contributed by atoms with Crippen molar-refractivity contribution in [3.05, 3.63) is 59.4 Å². The van der Waals surface area contributed by atoms with Crippen molar-refractivity contribution >= 4 is 16.8 Å². The Morgan fingerprint density at radius 1 is 1.25 bits per heavy atom. The molecule has 0 atom stereocenters. The molecule has 2 aromatic heterocycles. The molecule has 4 heteroatoms. The van der Waals surface area contributed by atoms with Gasteiger partial charge in [-0.25, -0.2) is 4.98 Å². The van der Waals surface area contributed by atoms with E-state index in [1.807, 2.05) is 37.3 Å². The van der Waals surface area contributed by atoms with Gasteiger partial charge in [-0.2, -0.15) is 0 Å². The molecule has 0 aliphatic rings. The molecule has 20 heavy (non-hydrogen) atoms. The highest BCUT2D eigenvalue weighted by Gasteiger charge is 2.18. The lowest BCUT2D eigenvalue weighted by molar-refractivity contribution is 0.103. The number of rotatable bonds is 3. The van der Waals surface area contributed by atoms with Crippen molar-refractivity contribution in [3.63, 3.8) is 0 Å². The van der Waals surface area contributed by atoms with Crippen LogP contribution in [0.3, 0.4) is 0 Å². The zero-order chi connectivity index (χ0) is 14.1. The number of ether oxygens (including phenoxy) is 1. The first-order valence-electron chi connectivity index (χ1n) is 6.32. The molecular formula is C16H14N2O2. The van der Waals surface area contributed by atoms with Crippen LogP contribution in [-0.2, 0) is 0 Å². The maximum absolute atomic E-state index is 12.7. The first-order valence-corrected chi connectivity index (χ1v) is 6.32. The molecule has 0 spiro atoms. The van der Waals surface area contributed by atoms with E-state index in [4.69, 9.17) is 4.74 Å². The van der Waals surface area contributed by atoms with Gasteiger partial charge in [-0.15, -0.1) is 0 Å². The highest BCUT2D eigenvalue weighted by Crippen LogP contribution is 2.26. The summed E-state index contributed by atoms with van der Waals surface area (Å²) in [6.07, 6.45) is 3.39. The van der Waals surface area contributed by atoms with Crippen LogP contribution in [0.5, 0.6) is 5.75 Å². The minimum Gasteiger partial charge on any atom is -0.496 e. The zero-order valence-electron chi connectivity index (χ0n) is 11.3. The van der Waals surface area contributed by atoms with Gasteiger partial charge in [-0.1, -0.05) is 11.6 Å². The lowest BCUT2D eigenvalue weighted by Gasteiger charge is -2.08. The van der Waals surface area contributed by atoms with Crippen LogP contribution >= 0.6 is 0 Å². The standard InChI is InChI=1S/C16H14N2O2/c1-10-5-6-14(20-2)12(8-10)15(19)13-9-18-16-11(13)4-3-7-17-16/h3-9H,1-2H3,(H,17,18). The average Bonchev–Trinajstić information content (AvgIpc) is 2.90. The van der Waals surface area contributed by atoms with Crippen LogP contribution in [0.25, 0.3) is 11.0 Å². The number of aromatic amines is 1. The van der Waals surface area contributed by atoms with Crippen LogP contribution in [-0.4, -0.2) is 22.9 Å². The third kappa shape index (κ3) is 1.95. The number of hydrogen-bond acceptors (Lipinski definition) is 3. The molecule has 1 N–H and O–H groups in total. The number of H-pyrrole nitrogens is 1. The minimum atomic E-state index is -0.0650. The van der Waals surface area contributed by atoms with Crippen molar-refractivity contribution in [3.8, 4) is 5.75 Å². The maximum Gasteiger partial charge on any atom is 0.198 e. The van der Waals surface area contributed by atoms with E-state index in [2.05, 4.69) is 9.97 Å². The number of carbonyl (C=O) groups excluding carboxylic acids is 1. The molecule has 0 saturated heterocycles. The Hall–Kier alpha value is -2.62. The van der Waals surface area contributed by atoms with Crippen molar-refractivity contribution in [2.24, 2.45) is 0 Å². The van der Waals surface area contributed by atoms with E-state index in [0.717, 1.165) is 10.9 Å². The second kappa shape index (κ2) is 4.81. The van der Waals surface area contributed by atoms with Crippen LogP contribution in [0.1, 0.15) is 21.5 Å². The summed E-state index contributed by atoms with van der Waals surface area (Å²) in [4.78, 5) is 19.9. The van der Waals surface area contributed by atoms with Crippen molar-refractivity contribution < 1.29 is 9.53 Å². The minimum absolute atomic E-state index is 0.0650. The number of benzene rings is 1. The zero-order valence-corrected chi connectivity index (χ0v) is 11.3. The van der Waals surface area contributed by atoms with Crippen LogP contribution in [0.2, 0.25) is 0 Å². The number of fused-ring (bicyclic) bond motifs is 1. The van der Waals surface area contributed by atoms with Crippen molar-refractivity contribution in [1.82, 2.24) is 9.97 Å². The molecule has 3 rings (SSSR count). The molecule has 0 aliphatic heterocycles. The number of ketones is 1. The van der Waals surface area contributed by atoms with Crippen LogP contribution in [0, 0.1) is 6.92 Å². The lowest BCUT2D eigenvalue weighted by atomic mass is 10.0. The van der Waals surface area contributed by atoms with Crippen molar-refractivity contribution in [1.29, 1.82) is 0 Å². The molecule has 0 fully saturated rings. The number of nitrogens with zero attached hydrogens (tertiary/aromatic N) is 1. The Labute approximate surface area is 116 Å². The quantitative estimate of drug-likeness (QED) is 0.741. The first-order chi connectivity index (χ1) is 9.70. The predicted octanol–water partition coefficient (Wildman–Crippen LogP) is 3.11. The Morgan fingerprint density at radius 3 is 2.90 bits per heavy atom. The molecule has 2 heterocycles. The molecule has 0 amide bonds. The number of methoxy groups -OCH3 is 1. The lowest BCUT2D eigenvalue weighted by Crippen LogP contribution is -2.04. The van der Waals surface area contributed by atoms with E-state index in [1.54, 1.807) is 19.5 Å². The van der Waals surface area contributed by atoms with Crippen LogP contribution < -0.4 is 4.74 Å². The van der Waals surface area contributed by atoms with Crippen molar-refractivity contribution in [2.45, 2.75) is 6.92 Å². The van der Waals surface area contributed by atoms with Gasteiger partial charge in [0.15, 0.2) is 5.78 Å².